The highest BCUT2D eigenvalue weighted by atomic mass is 32.2. The summed E-state index contributed by atoms with van der Waals surface area (Å²) in [5.74, 6) is 0.883. The summed E-state index contributed by atoms with van der Waals surface area (Å²) in [4.78, 5) is 0.265. The quantitative estimate of drug-likeness (QED) is 0.856. The number of benzene rings is 2. The highest BCUT2D eigenvalue weighted by molar-refractivity contribution is 7.92. The van der Waals surface area contributed by atoms with Crippen LogP contribution in [0.2, 0.25) is 0 Å². The molecule has 2 aromatic carbocycles. The van der Waals surface area contributed by atoms with Crippen LogP contribution in [0.1, 0.15) is 11.5 Å². The van der Waals surface area contributed by atoms with Crippen LogP contribution in [-0.4, -0.2) is 32.5 Å². The zero-order chi connectivity index (χ0) is 16.9. The molecule has 0 spiro atoms. The maximum absolute atomic E-state index is 13.0. The largest absolute Gasteiger partial charge is 0.454 e. The lowest BCUT2D eigenvalue weighted by molar-refractivity contribution is 0.174. The van der Waals surface area contributed by atoms with Crippen LogP contribution in [0.3, 0.4) is 0 Å². The van der Waals surface area contributed by atoms with Crippen molar-refractivity contribution in [2.75, 3.05) is 13.3 Å². The standard InChI is InChI=1S/C17H18N2O4S/c18-9-17(19)15(11-6-7-13-14(8-11)23-10-22-13)16(17)24(20,21)12-4-2-1-3-5-12/h1-8,15-16H,9-10,18-19H2/t15-,16-,17-/m0/s1. The minimum absolute atomic E-state index is 0.0861. The van der Waals surface area contributed by atoms with Gasteiger partial charge in [0.2, 0.25) is 6.79 Å². The summed E-state index contributed by atoms with van der Waals surface area (Å²) in [5, 5.41) is -0.752. The van der Waals surface area contributed by atoms with E-state index >= 15 is 0 Å². The van der Waals surface area contributed by atoms with Gasteiger partial charge in [-0.2, -0.15) is 0 Å². The monoisotopic (exact) mass is 346 g/mol. The molecule has 24 heavy (non-hydrogen) atoms. The second-order valence-electron chi connectivity index (χ2n) is 6.19. The van der Waals surface area contributed by atoms with Gasteiger partial charge in [-0.1, -0.05) is 24.3 Å². The molecule has 7 heteroatoms. The molecule has 2 aromatic rings. The van der Waals surface area contributed by atoms with E-state index in [1.54, 1.807) is 42.5 Å². The Hall–Kier alpha value is -2.09. The Morgan fingerprint density at radius 1 is 1.08 bits per heavy atom. The zero-order valence-corrected chi connectivity index (χ0v) is 13.7. The van der Waals surface area contributed by atoms with Crippen molar-refractivity contribution in [1.82, 2.24) is 0 Å². The predicted octanol–water partition coefficient (Wildman–Crippen LogP) is 1.01. The Labute approximate surface area is 140 Å². The maximum Gasteiger partial charge on any atom is 0.231 e. The Balaban J connectivity index is 1.74. The molecule has 1 fully saturated rings. The van der Waals surface area contributed by atoms with Crippen LogP contribution in [0.4, 0.5) is 0 Å². The number of nitrogens with two attached hydrogens (primary N) is 2. The molecular weight excluding hydrogens is 328 g/mol. The van der Waals surface area contributed by atoms with E-state index in [1.807, 2.05) is 6.07 Å². The number of rotatable bonds is 4. The van der Waals surface area contributed by atoms with Gasteiger partial charge < -0.3 is 20.9 Å². The van der Waals surface area contributed by atoms with Crippen molar-refractivity contribution >= 4 is 9.84 Å². The van der Waals surface area contributed by atoms with E-state index in [-0.39, 0.29) is 24.2 Å². The second-order valence-corrected chi connectivity index (χ2v) is 8.25. The first kappa shape index (κ1) is 15.4. The van der Waals surface area contributed by atoms with Crippen molar-refractivity contribution in [2.45, 2.75) is 21.6 Å². The van der Waals surface area contributed by atoms with Gasteiger partial charge in [-0.25, -0.2) is 8.42 Å². The molecular formula is C17H18N2O4S. The second kappa shape index (κ2) is 5.20. The molecule has 0 amide bonds. The third-order valence-corrected chi connectivity index (χ3v) is 7.13. The summed E-state index contributed by atoms with van der Waals surface area (Å²) in [6.45, 7) is 0.253. The molecule has 1 saturated carbocycles. The average Bonchev–Trinajstić information content (AvgIpc) is 3.00. The summed E-state index contributed by atoms with van der Waals surface area (Å²) in [7, 11) is -3.57. The molecule has 2 aliphatic rings. The van der Waals surface area contributed by atoms with Crippen molar-refractivity contribution in [2.24, 2.45) is 11.5 Å². The summed E-state index contributed by atoms with van der Waals surface area (Å²) in [5.41, 5.74) is 12.0. The van der Waals surface area contributed by atoms with Gasteiger partial charge >= 0.3 is 0 Å². The van der Waals surface area contributed by atoms with E-state index in [1.165, 1.54) is 0 Å². The van der Waals surface area contributed by atoms with Crippen LogP contribution in [0.25, 0.3) is 0 Å². The van der Waals surface area contributed by atoms with E-state index in [2.05, 4.69) is 0 Å². The van der Waals surface area contributed by atoms with Crippen LogP contribution < -0.4 is 20.9 Å². The lowest BCUT2D eigenvalue weighted by atomic mass is 10.1. The number of ether oxygens (including phenoxy) is 2. The Kier molecular flexibility index (Phi) is 3.35. The third kappa shape index (κ3) is 2.12. The average molecular weight is 346 g/mol. The molecule has 4 N–H and O–H groups in total. The van der Waals surface area contributed by atoms with Crippen LogP contribution in [-0.2, 0) is 9.84 Å². The Morgan fingerprint density at radius 3 is 2.50 bits per heavy atom. The van der Waals surface area contributed by atoms with Gasteiger partial charge in [0, 0.05) is 12.5 Å². The van der Waals surface area contributed by atoms with E-state index in [0.717, 1.165) is 5.56 Å². The Bertz CT molecular complexity index is 885. The Morgan fingerprint density at radius 2 is 1.79 bits per heavy atom. The zero-order valence-electron chi connectivity index (χ0n) is 12.9. The molecule has 1 aliphatic carbocycles. The summed E-state index contributed by atoms with van der Waals surface area (Å²) in [6.07, 6.45) is 0. The van der Waals surface area contributed by atoms with E-state index < -0.39 is 20.6 Å². The molecule has 1 aliphatic heterocycles. The molecule has 1 heterocycles. The first-order chi connectivity index (χ1) is 11.5. The predicted molar refractivity (Wildman–Crippen MR) is 88.7 cm³/mol. The van der Waals surface area contributed by atoms with Gasteiger partial charge in [-0.3, -0.25) is 0 Å². The van der Waals surface area contributed by atoms with Crippen molar-refractivity contribution < 1.29 is 17.9 Å². The van der Waals surface area contributed by atoms with E-state index in [9.17, 15) is 8.42 Å². The molecule has 126 valence electrons. The van der Waals surface area contributed by atoms with Gasteiger partial charge in [0.1, 0.15) is 0 Å². The molecule has 0 unspecified atom stereocenters. The molecule has 6 nitrogen and oxygen atoms in total. The lowest BCUT2D eigenvalue weighted by Gasteiger charge is -2.09. The van der Waals surface area contributed by atoms with Crippen LogP contribution >= 0.6 is 0 Å². The summed E-state index contributed by atoms with van der Waals surface area (Å²) >= 11 is 0. The van der Waals surface area contributed by atoms with Gasteiger partial charge in [-0.15, -0.1) is 0 Å². The molecule has 0 aromatic heterocycles. The molecule has 3 atom stereocenters. The number of fused-ring (bicyclic) bond motifs is 1. The summed E-state index contributed by atoms with van der Waals surface area (Å²) in [6, 6.07) is 13.7. The first-order valence-corrected chi connectivity index (χ1v) is 9.20. The molecule has 0 saturated heterocycles. The van der Waals surface area contributed by atoms with Crippen molar-refractivity contribution in [3.05, 3.63) is 54.1 Å². The summed E-state index contributed by atoms with van der Waals surface area (Å²) < 4.78 is 36.7. The van der Waals surface area contributed by atoms with Crippen LogP contribution in [0, 0.1) is 0 Å². The fourth-order valence-electron chi connectivity index (χ4n) is 3.48. The third-order valence-electron chi connectivity index (χ3n) is 4.82. The van der Waals surface area contributed by atoms with E-state index in [0.29, 0.717) is 11.5 Å². The highest BCUT2D eigenvalue weighted by Crippen LogP contribution is 2.56. The molecule has 0 bridgehead atoms. The van der Waals surface area contributed by atoms with Gasteiger partial charge in [-0.05, 0) is 29.8 Å². The van der Waals surface area contributed by atoms with Gasteiger partial charge in [0.25, 0.3) is 0 Å². The smallest absolute Gasteiger partial charge is 0.231 e. The highest BCUT2D eigenvalue weighted by Gasteiger charge is 2.68. The number of hydrogen-bond acceptors (Lipinski definition) is 6. The normalized spacial score (nSPS) is 27.9. The van der Waals surface area contributed by atoms with Crippen molar-refractivity contribution in [3.8, 4) is 11.5 Å². The van der Waals surface area contributed by atoms with E-state index in [4.69, 9.17) is 20.9 Å². The number of hydrogen-bond donors (Lipinski definition) is 2. The maximum atomic E-state index is 13.0. The first-order valence-electron chi connectivity index (χ1n) is 7.66. The lowest BCUT2D eigenvalue weighted by Crippen LogP contribution is -2.39. The SMILES string of the molecule is NC[C@]1(N)[C@@H](c2ccc3c(c2)OCO3)[C@@H]1S(=O)(=O)c1ccccc1. The molecule has 0 radical (unpaired) electrons. The van der Waals surface area contributed by atoms with Crippen molar-refractivity contribution in [1.29, 1.82) is 0 Å². The molecule has 4 rings (SSSR count). The van der Waals surface area contributed by atoms with Crippen LogP contribution in [0.15, 0.2) is 53.4 Å². The van der Waals surface area contributed by atoms with Gasteiger partial charge in [0.05, 0.1) is 15.7 Å². The van der Waals surface area contributed by atoms with Gasteiger partial charge in [0.15, 0.2) is 21.3 Å². The van der Waals surface area contributed by atoms with Crippen LogP contribution in [0.5, 0.6) is 11.5 Å². The topological polar surface area (TPSA) is 105 Å². The number of sulfone groups is 1. The fourth-order valence-corrected chi connectivity index (χ4v) is 5.82. The minimum atomic E-state index is -3.57. The fraction of sp³-hybridized carbons (Fsp3) is 0.294. The minimum Gasteiger partial charge on any atom is -0.454 e. The van der Waals surface area contributed by atoms with Crippen molar-refractivity contribution in [3.63, 3.8) is 0 Å².